The first-order valence-electron chi connectivity index (χ1n) is 9.93. The van der Waals surface area contributed by atoms with E-state index in [1.54, 1.807) is 0 Å². The highest BCUT2D eigenvalue weighted by atomic mass is 19.4. The van der Waals surface area contributed by atoms with Gasteiger partial charge >= 0.3 is 12.2 Å². The summed E-state index contributed by atoms with van der Waals surface area (Å²) < 4.78 is 52.8. The molecule has 0 spiro atoms. The molecule has 2 aromatic carbocycles. The van der Waals surface area contributed by atoms with Gasteiger partial charge in [-0.2, -0.15) is 13.2 Å². The van der Waals surface area contributed by atoms with E-state index in [-0.39, 0.29) is 12.1 Å². The number of carbonyl (C=O) groups is 2. The summed E-state index contributed by atoms with van der Waals surface area (Å²) in [5, 5.41) is 7.89. The van der Waals surface area contributed by atoms with Crippen molar-refractivity contribution in [2.45, 2.75) is 50.5 Å². The van der Waals surface area contributed by atoms with Crippen molar-refractivity contribution in [2.75, 3.05) is 0 Å². The van der Waals surface area contributed by atoms with Crippen LogP contribution >= 0.6 is 0 Å². The van der Waals surface area contributed by atoms with E-state index in [0.717, 1.165) is 17.7 Å². The molecular weight excluding hydrogens is 414 g/mol. The molecule has 0 unspecified atom stereocenters. The number of nitrogens with one attached hydrogen (secondary N) is 3. The van der Waals surface area contributed by atoms with E-state index in [1.807, 2.05) is 30.3 Å². The van der Waals surface area contributed by atoms with E-state index in [4.69, 9.17) is 0 Å². The summed E-state index contributed by atoms with van der Waals surface area (Å²) >= 11 is 0. The van der Waals surface area contributed by atoms with E-state index in [0.29, 0.717) is 31.7 Å². The third-order valence-electron chi connectivity index (χ3n) is 5.36. The molecule has 1 aliphatic carbocycles. The van der Waals surface area contributed by atoms with Crippen LogP contribution < -0.4 is 16.0 Å². The van der Waals surface area contributed by atoms with Gasteiger partial charge in [-0.1, -0.05) is 49.2 Å². The Balaban J connectivity index is 1.65. The molecule has 31 heavy (non-hydrogen) atoms. The Labute approximate surface area is 177 Å². The summed E-state index contributed by atoms with van der Waals surface area (Å²) in [6, 6.07) is 11.0. The molecule has 0 aromatic heterocycles. The smallest absolute Gasteiger partial charge is 0.350 e. The van der Waals surface area contributed by atoms with Gasteiger partial charge in [0.15, 0.2) is 0 Å². The molecule has 0 atom stereocenters. The lowest BCUT2D eigenvalue weighted by molar-refractivity contribution is -0.138. The fraction of sp³-hybridized carbons (Fsp3) is 0.364. The van der Waals surface area contributed by atoms with E-state index in [9.17, 15) is 27.2 Å². The highest BCUT2D eigenvalue weighted by molar-refractivity contribution is 5.91. The number of urea groups is 1. The third kappa shape index (κ3) is 5.74. The number of carbonyl (C=O) groups excluding carboxylic acids is 2. The van der Waals surface area contributed by atoms with Crippen LogP contribution in [0.4, 0.5) is 22.4 Å². The normalized spacial score (nSPS) is 15.4. The average Bonchev–Trinajstić information content (AvgIpc) is 3.21. The van der Waals surface area contributed by atoms with Crippen LogP contribution in [0.5, 0.6) is 0 Å². The molecule has 0 saturated heterocycles. The number of hydrogen-bond donors (Lipinski definition) is 3. The topological polar surface area (TPSA) is 70.2 Å². The Morgan fingerprint density at radius 2 is 1.61 bits per heavy atom. The van der Waals surface area contributed by atoms with Gasteiger partial charge in [0.1, 0.15) is 11.4 Å². The molecule has 0 aliphatic heterocycles. The zero-order valence-corrected chi connectivity index (χ0v) is 16.7. The summed E-state index contributed by atoms with van der Waals surface area (Å²) in [5.74, 6) is -1.57. The number of amides is 3. The number of hydrogen-bond acceptors (Lipinski definition) is 2. The Morgan fingerprint density at radius 3 is 2.26 bits per heavy atom. The SMILES string of the molecule is O=C(NCc1ccccc1)NC1(C(=O)NCc2ccc(F)cc2C(F)(F)F)CCCC1. The lowest BCUT2D eigenvalue weighted by Crippen LogP contribution is -2.59. The maximum absolute atomic E-state index is 13.3. The molecule has 1 saturated carbocycles. The predicted octanol–water partition coefficient (Wildman–Crippen LogP) is 4.27. The second kappa shape index (κ2) is 9.36. The molecule has 3 amide bonds. The molecule has 0 radical (unpaired) electrons. The Kier molecular flexibility index (Phi) is 6.82. The minimum absolute atomic E-state index is 0.246. The Hall–Kier alpha value is -3.10. The fourth-order valence-corrected chi connectivity index (χ4v) is 3.74. The summed E-state index contributed by atoms with van der Waals surface area (Å²) in [4.78, 5) is 25.3. The van der Waals surface area contributed by atoms with Gasteiger partial charge in [0, 0.05) is 13.1 Å². The number of rotatable bonds is 6. The first-order chi connectivity index (χ1) is 14.7. The van der Waals surface area contributed by atoms with Crippen LogP contribution in [0.3, 0.4) is 0 Å². The second-order valence-corrected chi connectivity index (χ2v) is 7.56. The van der Waals surface area contributed by atoms with Crippen molar-refractivity contribution < 1.29 is 27.2 Å². The summed E-state index contributed by atoms with van der Waals surface area (Å²) in [7, 11) is 0. The van der Waals surface area contributed by atoms with E-state index in [1.165, 1.54) is 0 Å². The summed E-state index contributed by atoms with van der Waals surface area (Å²) in [6.45, 7) is -0.155. The molecule has 5 nitrogen and oxygen atoms in total. The number of alkyl halides is 3. The standard InChI is InChI=1S/C22H23F4N3O2/c23-17-9-8-16(18(12-17)22(24,25)26)14-27-19(30)21(10-4-5-11-21)29-20(31)28-13-15-6-2-1-3-7-15/h1-3,6-9,12H,4-5,10-11,13-14H2,(H,27,30)(H2,28,29,31). The minimum Gasteiger partial charge on any atom is -0.350 e. The second-order valence-electron chi connectivity index (χ2n) is 7.56. The van der Waals surface area contributed by atoms with Crippen molar-refractivity contribution in [1.82, 2.24) is 16.0 Å². The van der Waals surface area contributed by atoms with Crippen LogP contribution in [-0.2, 0) is 24.1 Å². The molecule has 9 heteroatoms. The monoisotopic (exact) mass is 437 g/mol. The maximum atomic E-state index is 13.3. The van der Waals surface area contributed by atoms with Crippen molar-refractivity contribution in [3.63, 3.8) is 0 Å². The number of benzene rings is 2. The third-order valence-corrected chi connectivity index (χ3v) is 5.36. The highest BCUT2D eigenvalue weighted by Crippen LogP contribution is 2.33. The molecule has 166 valence electrons. The van der Waals surface area contributed by atoms with Crippen LogP contribution in [0.25, 0.3) is 0 Å². The maximum Gasteiger partial charge on any atom is 0.416 e. The van der Waals surface area contributed by atoms with E-state index < -0.39 is 41.6 Å². The van der Waals surface area contributed by atoms with Gasteiger partial charge in [0.25, 0.3) is 0 Å². The van der Waals surface area contributed by atoms with Crippen molar-refractivity contribution in [2.24, 2.45) is 0 Å². The first-order valence-corrected chi connectivity index (χ1v) is 9.93. The summed E-state index contributed by atoms with van der Waals surface area (Å²) in [6.07, 6.45) is -2.57. The molecule has 1 aliphatic rings. The average molecular weight is 437 g/mol. The van der Waals surface area contributed by atoms with Crippen LogP contribution in [0.1, 0.15) is 42.4 Å². The highest BCUT2D eigenvalue weighted by Gasteiger charge is 2.42. The molecule has 2 aromatic rings. The van der Waals surface area contributed by atoms with Crippen molar-refractivity contribution in [1.29, 1.82) is 0 Å². The molecular formula is C22H23F4N3O2. The molecule has 1 fully saturated rings. The number of halogens is 4. The van der Waals surface area contributed by atoms with E-state index in [2.05, 4.69) is 16.0 Å². The van der Waals surface area contributed by atoms with Gasteiger partial charge in [-0.15, -0.1) is 0 Å². The van der Waals surface area contributed by atoms with Crippen LogP contribution in [-0.4, -0.2) is 17.5 Å². The van der Waals surface area contributed by atoms with Crippen molar-refractivity contribution in [3.05, 3.63) is 71.0 Å². The fourth-order valence-electron chi connectivity index (χ4n) is 3.74. The molecule has 0 heterocycles. The van der Waals surface area contributed by atoms with E-state index >= 15 is 0 Å². The van der Waals surface area contributed by atoms with Gasteiger partial charge < -0.3 is 16.0 Å². The minimum atomic E-state index is -4.75. The zero-order chi connectivity index (χ0) is 22.5. The Morgan fingerprint density at radius 1 is 0.935 bits per heavy atom. The van der Waals surface area contributed by atoms with Gasteiger partial charge in [-0.25, -0.2) is 9.18 Å². The van der Waals surface area contributed by atoms with Gasteiger partial charge in [-0.3, -0.25) is 4.79 Å². The predicted molar refractivity (Wildman–Crippen MR) is 106 cm³/mol. The van der Waals surface area contributed by atoms with Crippen molar-refractivity contribution in [3.8, 4) is 0 Å². The quantitative estimate of drug-likeness (QED) is 0.591. The first kappa shape index (κ1) is 22.6. The van der Waals surface area contributed by atoms with Gasteiger partial charge in [0.2, 0.25) is 5.91 Å². The summed E-state index contributed by atoms with van der Waals surface area (Å²) in [5.41, 5.74) is -1.69. The largest absolute Gasteiger partial charge is 0.416 e. The lowest BCUT2D eigenvalue weighted by atomic mass is 9.96. The molecule has 0 bridgehead atoms. The van der Waals surface area contributed by atoms with Gasteiger partial charge in [-0.05, 0) is 36.1 Å². The van der Waals surface area contributed by atoms with Crippen LogP contribution in [0.2, 0.25) is 0 Å². The zero-order valence-electron chi connectivity index (χ0n) is 16.7. The van der Waals surface area contributed by atoms with Crippen molar-refractivity contribution >= 4 is 11.9 Å². The molecule has 3 rings (SSSR count). The lowest BCUT2D eigenvalue weighted by Gasteiger charge is -2.29. The Bertz CT molecular complexity index is 926. The van der Waals surface area contributed by atoms with Crippen LogP contribution in [0.15, 0.2) is 48.5 Å². The van der Waals surface area contributed by atoms with Gasteiger partial charge in [0.05, 0.1) is 5.56 Å². The molecule has 3 N–H and O–H groups in total. The van der Waals surface area contributed by atoms with Crippen LogP contribution in [0, 0.1) is 5.82 Å².